The van der Waals surface area contributed by atoms with E-state index in [0.29, 0.717) is 12.1 Å². The van der Waals surface area contributed by atoms with Crippen molar-refractivity contribution in [2.75, 3.05) is 18.0 Å². The highest BCUT2D eigenvalue weighted by Gasteiger charge is 2.32. The first-order chi connectivity index (χ1) is 10.9. The Balaban J connectivity index is 2.08. The second-order valence-corrected chi connectivity index (χ2v) is 7.29. The highest BCUT2D eigenvalue weighted by molar-refractivity contribution is 7.92. The summed E-state index contributed by atoms with van der Waals surface area (Å²) >= 11 is 0. The molecule has 0 radical (unpaired) electrons. The minimum absolute atomic E-state index is 0.000282. The minimum atomic E-state index is -3.90. The molecule has 0 bridgehead atoms. The average molecular weight is 336 g/mol. The summed E-state index contributed by atoms with van der Waals surface area (Å²) in [5.74, 6) is -0.720. The zero-order valence-electron chi connectivity index (χ0n) is 12.6. The standard InChI is InChI=1S/C16H17FN2O3S/c1-22-16-7-6-13(9-14(16)17)23(20,21)19-10-12(18)8-11-4-2-3-5-15(11)19/h2-7,9,12H,8,10,18H2,1H3. The molecule has 7 heteroatoms. The van der Waals surface area contributed by atoms with Gasteiger partial charge in [-0.05, 0) is 36.2 Å². The second kappa shape index (κ2) is 5.82. The van der Waals surface area contributed by atoms with Gasteiger partial charge in [0.25, 0.3) is 10.0 Å². The molecule has 23 heavy (non-hydrogen) atoms. The van der Waals surface area contributed by atoms with Crippen molar-refractivity contribution in [1.29, 1.82) is 0 Å². The molecule has 2 aromatic carbocycles. The summed E-state index contributed by atoms with van der Waals surface area (Å²) in [4.78, 5) is -0.125. The first kappa shape index (κ1) is 15.8. The van der Waals surface area contributed by atoms with Crippen LogP contribution in [0.25, 0.3) is 0 Å². The zero-order chi connectivity index (χ0) is 16.6. The largest absolute Gasteiger partial charge is 0.494 e. The molecule has 1 unspecified atom stereocenters. The van der Waals surface area contributed by atoms with Crippen LogP contribution < -0.4 is 14.8 Å². The maximum absolute atomic E-state index is 13.9. The molecule has 0 amide bonds. The van der Waals surface area contributed by atoms with Crippen molar-refractivity contribution < 1.29 is 17.5 Å². The Kier molecular flexibility index (Phi) is 3.99. The van der Waals surface area contributed by atoms with E-state index in [-0.39, 0.29) is 23.2 Å². The van der Waals surface area contributed by atoms with Crippen LogP contribution in [-0.4, -0.2) is 28.1 Å². The number of nitrogens with two attached hydrogens (primary N) is 1. The third kappa shape index (κ3) is 2.77. The summed E-state index contributed by atoms with van der Waals surface area (Å²) in [7, 11) is -2.57. The fraction of sp³-hybridized carbons (Fsp3) is 0.250. The second-order valence-electron chi connectivity index (χ2n) is 5.43. The SMILES string of the molecule is COc1ccc(S(=O)(=O)N2CC(N)Cc3ccccc32)cc1F. The minimum Gasteiger partial charge on any atom is -0.494 e. The number of benzene rings is 2. The van der Waals surface area contributed by atoms with Gasteiger partial charge in [0, 0.05) is 12.6 Å². The van der Waals surface area contributed by atoms with Crippen LogP contribution in [0.15, 0.2) is 47.4 Å². The van der Waals surface area contributed by atoms with Gasteiger partial charge in [-0.1, -0.05) is 18.2 Å². The first-order valence-electron chi connectivity index (χ1n) is 7.13. The fourth-order valence-electron chi connectivity index (χ4n) is 2.75. The molecule has 1 heterocycles. The Bertz CT molecular complexity index is 839. The summed E-state index contributed by atoms with van der Waals surface area (Å²) in [5, 5.41) is 0. The van der Waals surface area contributed by atoms with Gasteiger partial charge in [-0.15, -0.1) is 0 Å². The van der Waals surface area contributed by atoms with Gasteiger partial charge in [-0.3, -0.25) is 4.31 Å². The lowest BCUT2D eigenvalue weighted by atomic mass is 10.0. The molecule has 0 aliphatic carbocycles. The molecule has 0 saturated heterocycles. The van der Waals surface area contributed by atoms with Crippen molar-refractivity contribution in [3.05, 3.63) is 53.8 Å². The normalized spacial score (nSPS) is 17.7. The first-order valence-corrected chi connectivity index (χ1v) is 8.57. The number of sulfonamides is 1. The molecule has 0 aromatic heterocycles. The van der Waals surface area contributed by atoms with E-state index in [9.17, 15) is 12.8 Å². The van der Waals surface area contributed by atoms with Crippen LogP contribution in [0.1, 0.15) is 5.56 Å². The van der Waals surface area contributed by atoms with Crippen molar-refractivity contribution in [1.82, 2.24) is 0 Å². The Morgan fingerprint density at radius 1 is 1.26 bits per heavy atom. The van der Waals surface area contributed by atoms with Gasteiger partial charge in [-0.2, -0.15) is 0 Å². The monoisotopic (exact) mass is 336 g/mol. The molecule has 2 N–H and O–H groups in total. The van der Waals surface area contributed by atoms with E-state index in [2.05, 4.69) is 0 Å². The molecule has 5 nitrogen and oxygen atoms in total. The van der Waals surface area contributed by atoms with Crippen LogP contribution in [0.5, 0.6) is 5.75 Å². The van der Waals surface area contributed by atoms with Crippen LogP contribution in [0.2, 0.25) is 0 Å². The van der Waals surface area contributed by atoms with E-state index in [4.69, 9.17) is 10.5 Å². The number of methoxy groups -OCH3 is 1. The van der Waals surface area contributed by atoms with Crippen molar-refractivity contribution in [2.24, 2.45) is 5.73 Å². The van der Waals surface area contributed by atoms with E-state index >= 15 is 0 Å². The predicted molar refractivity (Wildman–Crippen MR) is 85.6 cm³/mol. The van der Waals surface area contributed by atoms with Gasteiger partial charge in [-0.25, -0.2) is 12.8 Å². The maximum atomic E-state index is 13.9. The molecule has 1 atom stereocenters. The Labute approximate surface area is 134 Å². The third-order valence-electron chi connectivity index (χ3n) is 3.85. The lowest BCUT2D eigenvalue weighted by Gasteiger charge is -2.33. The van der Waals surface area contributed by atoms with Crippen LogP contribution in [0.3, 0.4) is 0 Å². The van der Waals surface area contributed by atoms with E-state index in [1.54, 1.807) is 12.1 Å². The van der Waals surface area contributed by atoms with E-state index in [1.165, 1.54) is 23.5 Å². The van der Waals surface area contributed by atoms with E-state index in [1.807, 2.05) is 12.1 Å². The fourth-order valence-corrected chi connectivity index (χ4v) is 4.32. The highest BCUT2D eigenvalue weighted by atomic mass is 32.2. The zero-order valence-corrected chi connectivity index (χ0v) is 13.4. The Morgan fingerprint density at radius 3 is 2.70 bits per heavy atom. The van der Waals surface area contributed by atoms with E-state index in [0.717, 1.165) is 11.6 Å². The molecule has 1 aliphatic rings. The molecule has 0 spiro atoms. The summed E-state index contributed by atoms with van der Waals surface area (Å²) in [6.45, 7) is 0.160. The lowest BCUT2D eigenvalue weighted by molar-refractivity contribution is 0.385. The van der Waals surface area contributed by atoms with Crippen LogP contribution in [-0.2, 0) is 16.4 Å². The number of hydrogen-bond donors (Lipinski definition) is 1. The number of fused-ring (bicyclic) bond motifs is 1. The quantitative estimate of drug-likeness (QED) is 0.929. The molecular weight excluding hydrogens is 319 g/mol. The van der Waals surface area contributed by atoms with Crippen LogP contribution in [0, 0.1) is 5.82 Å². The van der Waals surface area contributed by atoms with Crippen LogP contribution >= 0.6 is 0 Å². The maximum Gasteiger partial charge on any atom is 0.264 e. The highest BCUT2D eigenvalue weighted by Crippen LogP contribution is 2.32. The number of anilines is 1. The van der Waals surface area contributed by atoms with Gasteiger partial charge < -0.3 is 10.5 Å². The van der Waals surface area contributed by atoms with Gasteiger partial charge in [0.05, 0.1) is 17.7 Å². The number of nitrogens with zero attached hydrogens (tertiary/aromatic N) is 1. The lowest BCUT2D eigenvalue weighted by Crippen LogP contribution is -2.46. The molecule has 122 valence electrons. The summed E-state index contributed by atoms with van der Waals surface area (Å²) in [6.07, 6.45) is 0.610. The van der Waals surface area contributed by atoms with Crippen molar-refractivity contribution >= 4 is 15.7 Å². The van der Waals surface area contributed by atoms with Crippen LogP contribution in [0.4, 0.5) is 10.1 Å². The topological polar surface area (TPSA) is 72.6 Å². The van der Waals surface area contributed by atoms with Gasteiger partial charge in [0.15, 0.2) is 11.6 Å². The molecular formula is C16H17FN2O3S. The number of para-hydroxylation sites is 1. The Morgan fingerprint density at radius 2 is 2.00 bits per heavy atom. The Hall–Kier alpha value is -2.12. The number of hydrogen-bond acceptors (Lipinski definition) is 4. The molecule has 0 saturated carbocycles. The number of ether oxygens (including phenoxy) is 1. The predicted octanol–water partition coefficient (Wildman–Crippen LogP) is 1.91. The van der Waals surface area contributed by atoms with Gasteiger partial charge in [0.2, 0.25) is 0 Å². The molecule has 0 fully saturated rings. The van der Waals surface area contributed by atoms with Gasteiger partial charge in [0.1, 0.15) is 0 Å². The molecule has 2 aromatic rings. The number of halogens is 1. The van der Waals surface area contributed by atoms with Crippen molar-refractivity contribution in [2.45, 2.75) is 17.4 Å². The van der Waals surface area contributed by atoms with E-state index < -0.39 is 15.8 Å². The van der Waals surface area contributed by atoms with Gasteiger partial charge >= 0.3 is 0 Å². The summed E-state index contributed by atoms with van der Waals surface area (Å²) in [5.41, 5.74) is 7.44. The summed E-state index contributed by atoms with van der Waals surface area (Å²) < 4.78 is 45.8. The smallest absolute Gasteiger partial charge is 0.264 e. The van der Waals surface area contributed by atoms with Crippen molar-refractivity contribution in [3.8, 4) is 5.75 Å². The molecule has 1 aliphatic heterocycles. The molecule has 3 rings (SSSR count). The number of rotatable bonds is 3. The average Bonchev–Trinajstić information content (AvgIpc) is 2.53. The van der Waals surface area contributed by atoms with Crippen molar-refractivity contribution in [3.63, 3.8) is 0 Å². The third-order valence-corrected chi connectivity index (χ3v) is 5.63. The summed E-state index contributed by atoms with van der Waals surface area (Å²) in [6, 6.07) is 10.5.